The monoisotopic (exact) mass is 394 g/mol. The van der Waals surface area contributed by atoms with Crippen LogP contribution in [-0.4, -0.2) is 23.0 Å². The maximum atomic E-state index is 12.3. The van der Waals surface area contributed by atoms with Crippen molar-refractivity contribution in [3.8, 4) is 11.1 Å². The van der Waals surface area contributed by atoms with E-state index in [4.69, 9.17) is 0 Å². The number of nitrogens with zero attached hydrogens (tertiary/aromatic N) is 2. The zero-order chi connectivity index (χ0) is 20.8. The van der Waals surface area contributed by atoms with Crippen molar-refractivity contribution >= 4 is 34.6 Å². The van der Waals surface area contributed by atoms with E-state index < -0.39 is 11.8 Å². The van der Waals surface area contributed by atoms with Gasteiger partial charge in [-0.3, -0.25) is 14.6 Å². The molecular formula is C24H18N4O2. The van der Waals surface area contributed by atoms with Gasteiger partial charge in [-0.2, -0.15) is 5.10 Å². The fourth-order valence-corrected chi connectivity index (χ4v) is 3.02. The molecule has 0 aliphatic heterocycles. The van der Waals surface area contributed by atoms with Crippen LogP contribution in [-0.2, 0) is 9.59 Å². The second-order valence-corrected chi connectivity index (χ2v) is 6.53. The number of benzene rings is 3. The van der Waals surface area contributed by atoms with Gasteiger partial charge in [0.2, 0.25) is 0 Å². The van der Waals surface area contributed by atoms with Gasteiger partial charge in [0.05, 0.1) is 11.7 Å². The van der Waals surface area contributed by atoms with Crippen molar-refractivity contribution in [2.24, 2.45) is 5.10 Å². The summed E-state index contributed by atoms with van der Waals surface area (Å²) in [5, 5.41) is 7.47. The number of anilines is 1. The summed E-state index contributed by atoms with van der Waals surface area (Å²) in [4.78, 5) is 28.8. The highest BCUT2D eigenvalue weighted by Crippen LogP contribution is 2.27. The number of aromatic nitrogens is 1. The van der Waals surface area contributed by atoms with E-state index in [1.165, 1.54) is 6.21 Å². The van der Waals surface area contributed by atoms with Gasteiger partial charge in [0.1, 0.15) is 0 Å². The number of para-hydroxylation sites is 2. The molecule has 0 unspecified atom stereocenters. The Morgan fingerprint density at radius 1 is 0.833 bits per heavy atom. The van der Waals surface area contributed by atoms with Gasteiger partial charge >= 0.3 is 11.8 Å². The summed E-state index contributed by atoms with van der Waals surface area (Å²) < 4.78 is 0. The molecule has 1 heterocycles. The van der Waals surface area contributed by atoms with Gasteiger partial charge < -0.3 is 5.32 Å². The number of rotatable bonds is 4. The van der Waals surface area contributed by atoms with Crippen LogP contribution < -0.4 is 10.7 Å². The number of hydrazone groups is 1. The number of nitrogens with one attached hydrogen (secondary N) is 2. The van der Waals surface area contributed by atoms with E-state index in [1.807, 2.05) is 72.8 Å². The van der Waals surface area contributed by atoms with E-state index in [0.717, 1.165) is 22.0 Å². The summed E-state index contributed by atoms with van der Waals surface area (Å²) in [5.74, 6) is -1.66. The van der Waals surface area contributed by atoms with Crippen molar-refractivity contribution in [3.05, 3.63) is 96.7 Å². The molecule has 0 spiro atoms. The zero-order valence-electron chi connectivity index (χ0n) is 15.9. The molecule has 0 aliphatic rings. The molecule has 6 nitrogen and oxygen atoms in total. The molecule has 3 aromatic carbocycles. The topological polar surface area (TPSA) is 83.5 Å². The van der Waals surface area contributed by atoms with Crippen LogP contribution in [0.3, 0.4) is 0 Å². The molecule has 1 aromatic heterocycles. The molecule has 0 radical (unpaired) electrons. The van der Waals surface area contributed by atoms with Crippen molar-refractivity contribution in [1.29, 1.82) is 0 Å². The Balaban J connectivity index is 1.42. The lowest BCUT2D eigenvalue weighted by Gasteiger charge is -2.10. The average Bonchev–Trinajstić information content (AvgIpc) is 2.80. The molecule has 0 saturated heterocycles. The van der Waals surface area contributed by atoms with Crippen LogP contribution in [0.25, 0.3) is 22.0 Å². The first kappa shape index (κ1) is 19.0. The average molecular weight is 394 g/mol. The zero-order valence-corrected chi connectivity index (χ0v) is 15.9. The lowest BCUT2D eigenvalue weighted by molar-refractivity contribution is -0.136. The Labute approximate surface area is 173 Å². The SMILES string of the molecule is O=C(NN=Cc1cnc2ccccc2c1)C(=O)Nc1ccccc1-c1ccccc1. The predicted octanol–water partition coefficient (Wildman–Crippen LogP) is 3.99. The highest BCUT2D eigenvalue weighted by molar-refractivity contribution is 6.39. The van der Waals surface area contributed by atoms with Gasteiger partial charge in [0, 0.05) is 28.4 Å². The lowest BCUT2D eigenvalue weighted by atomic mass is 10.0. The first-order valence-corrected chi connectivity index (χ1v) is 9.34. The minimum Gasteiger partial charge on any atom is -0.317 e. The molecule has 0 atom stereocenters. The smallest absolute Gasteiger partial charge is 0.317 e. The van der Waals surface area contributed by atoms with Gasteiger partial charge in [-0.1, -0.05) is 66.7 Å². The molecule has 146 valence electrons. The third-order valence-corrected chi connectivity index (χ3v) is 4.46. The van der Waals surface area contributed by atoms with Crippen LogP contribution in [0.1, 0.15) is 5.56 Å². The van der Waals surface area contributed by atoms with E-state index >= 15 is 0 Å². The quantitative estimate of drug-likeness (QED) is 0.312. The van der Waals surface area contributed by atoms with Crippen LogP contribution in [0.4, 0.5) is 5.69 Å². The maximum Gasteiger partial charge on any atom is 0.329 e. The van der Waals surface area contributed by atoms with Crippen molar-refractivity contribution in [1.82, 2.24) is 10.4 Å². The van der Waals surface area contributed by atoms with Crippen LogP contribution in [0, 0.1) is 0 Å². The summed E-state index contributed by atoms with van der Waals surface area (Å²) in [6.07, 6.45) is 3.09. The van der Waals surface area contributed by atoms with Crippen molar-refractivity contribution in [3.63, 3.8) is 0 Å². The van der Waals surface area contributed by atoms with Crippen molar-refractivity contribution in [2.45, 2.75) is 0 Å². The first-order valence-electron chi connectivity index (χ1n) is 9.34. The van der Waals surface area contributed by atoms with Crippen LogP contribution >= 0.6 is 0 Å². The second kappa shape index (κ2) is 8.79. The lowest BCUT2D eigenvalue weighted by Crippen LogP contribution is -2.32. The van der Waals surface area contributed by atoms with Crippen LogP contribution in [0.2, 0.25) is 0 Å². The minimum atomic E-state index is -0.858. The Bertz CT molecular complexity index is 1240. The standard InChI is InChI=1S/C24H18N4O2/c29-23(27-22-13-7-5-11-20(22)18-8-2-1-3-9-18)24(30)28-26-16-17-14-19-10-4-6-12-21(19)25-15-17/h1-16H,(H,27,29)(H,28,30). The number of fused-ring (bicyclic) bond motifs is 1. The Morgan fingerprint density at radius 2 is 1.57 bits per heavy atom. The first-order chi connectivity index (χ1) is 14.7. The number of hydrogen-bond acceptors (Lipinski definition) is 4. The van der Waals surface area contributed by atoms with Gasteiger partial charge in [0.15, 0.2) is 0 Å². The molecule has 2 N–H and O–H groups in total. The number of pyridine rings is 1. The molecule has 0 bridgehead atoms. The normalized spacial score (nSPS) is 10.8. The number of hydrogen-bond donors (Lipinski definition) is 2. The summed E-state index contributed by atoms with van der Waals surface area (Å²) in [5.41, 5.74) is 6.14. The van der Waals surface area contributed by atoms with Gasteiger partial charge in [-0.25, -0.2) is 5.43 Å². The highest BCUT2D eigenvalue weighted by Gasteiger charge is 2.15. The summed E-state index contributed by atoms with van der Waals surface area (Å²) in [6.45, 7) is 0. The van der Waals surface area contributed by atoms with Gasteiger partial charge in [-0.15, -0.1) is 0 Å². The number of carbonyl (C=O) groups is 2. The van der Waals surface area contributed by atoms with Gasteiger partial charge in [0.25, 0.3) is 0 Å². The van der Waals surface area contributed by atoms with E-state index in [1.54, 1.807) is 18.3 Å². The Hall–Kier alpha value is -4.32. The Morgan fingerprint density at radius 3 is 2.43 bits per heavy atom. The second-order valence-electron chi connectivity index (χ2n) is 6.53. The molecule has 6 heteroatoms. The summed E-state index contributed by atoms with van der Waals surface area (Å²) in [6, 6.07) is 26.5. The van der Waals surface area contributed by atoms with E-state index in [0.29, 0.717) is 11.3 Å². The number of carbonyl (C=O) groups excluding carboxylic acids is 2. The van der Waals surface area contributed by atoms with E-state index in [9.17, 15) is 9.59 Å². The maximum absolute atomic E-state index is 12.3. The Kier molecular flexibility index (Phi) is 5.57. The fourth-order valence-electron chi connectivity index (χ4n) is 3.02. The molecule has 2 amide bonds. The molecule has 30 heavy (non-hydrogen) atoms. The molecule has 0 fully saturated rings. The van der Waals surface area contributed by atoms with Crippen LogP contribution in [0.15, 0.2) is 96.2 Å². The van der Waals surface area contributed by atoms with E-state index in [-0.39, 0.29) is 0 Å². The van der Waals surface area contributed by atoms with Crippen LogP contribution in [0.5, 0.6) is 0 Å². The molecule has 0 saturated carbocycles. The van der Waals surface area contributed by atoms with Gasteiger partial charge in [-0.05, 0) is 23.8 Å². The van der Waals surface area contributed by atoms with Crippen molar-refractivity contribution in [2.75, 3.05) is 5.32 Å². The highest BCUT2D eigenvalue weighted by atomic mass is 16.2. The fraction of sp³-hybridized carbons (Fsp3) is 0. The molecular weight excluding hydrogens is 376 g/mol. The third kappa shape index (κ3) is 4.39. The largest absolute Gasteiger partial charge is 0.329 e. The summed E-state index contributed by atoms with van der Waals surface area (Å²) in [7, 11) is 0. The van der Waals surface area contributed by atoms with E-state index in [2.05, 4.69) is 20.8 Å². The molecule has 4 rings (SSSR count). The minimum absolute atomic E-state index is 0.548. The molecule has 4 aromatic rings. The van der Waals surface area contributed by atoms with Crippen molar-refractivity contribution < 1.29 is 9.59 Å². The predicted molar refractivity (Wildman–Crippen MR) is 118 cm³/mol. The third-order valence-electron chi connectivity index (χ3n) is 4.46. The summed E-state index contributed by atoms with van der Waals surface area (Å²) >= 11 is 0. The molecule has 0 aliphatic carbocycles. The number of amides is 2.